The minimum atomic E-state index is -0.790. The van der Waals surface area contributed by atoms with Crippen LogP contribution in [0.25, 0.3) is 11.0 Å². The Hall–Kier alpha value is -5.39. The number of methoxy groups -OCH3 is 1. The van der Waals surface area contributed by atoms with Gasteiger partial charge in [0.1, 0.15) is 11.6 Å². The highest BCUT2D eigenvalue weighted by molar-refractivity contribution is 6.04. The Morgan fingerprint density at radius 2 is 1.79 bits per heavy atom. The molecule has 0 saturated carbocycles. The number of hydrogen-bond donors (Lipinski definition) is 4. The lowest BCUT2D eigenvalue weighted by atomic mass is 9.99. The number of rotatable bonds is 10. The first-order valence-corrected chi connectivity index (χ1v) is 13.2. The molecule has 1 heterocycles. The molecule has 0 spiro atoms. The number of nitrogens with one attached hydrogen (secondary N) is 4. The molecule has 12 heteroatoms. The Kier molecular flexibility index (Phi) is 9.72. The van der Waals surface area contributed by atoms with E-state index in [4.69, 9.17) is 19.6 Å². The molecule has 4 N–H and O–H groups in total. The number of carbonyl (C=O) groups is 3. The van der Waals surface area contributed by atoms with Crippen LogP contribution in [0.3, 0.4) is 0 Å². The van der Waals surface area contributed by atoms with Crippen molar-refractivity contribution in [3.8, 4) is 5.75 Å². The fraction of sp³-hybridized carbons (Fsp3) is 0.233. The minimum absolute atomic E-state index is 0.107. The Morgan fingerprint density at radius 1 is 1.05 bits per heavy atom. The van der Waals surface area contributed by atoms with E-state index < -0.39 is 30.1 Å². The molecule has 3 aromatic carbocycles. The lowest BCUT2D eigenvalue weighted by molar-refractivity contribution is -0.145. The van der Waals surface area contributed by atoms with Crippen LogP contribution in [-0.4, -0.2) is 60.3 Å². The van der Waals surface area contributed by atoms with Gasteiger partial charge in [-0.05, 0) is 62.4 Å². The van der Waals surface area contributed by atoms with Gasteiger partial charge in [-0.2, -0.15) is 0 Å². The van der Waals surface area contributed by atoms with Gasteiger partial charge in [0.05, 0.1) is 43.0 Å². The number of anilines is 2. The summed E-state index contributed by atoms with van der Waals surface area (Å²) in [5.41, 5.74) is 3.13. The molecule has 218 valence electrons. The van der Waals surface area contributed by atoms with Crippen molar-refractivity contribution in [3.63, 3.8) is 0 Å². The maximum Gasteiger partial charge on any atom is 0.420 e. The third kappa shape index (κ3) is 7.22. The third-order valence-corrected chi connectivity index (χ3v) is 6.52. The van der Waals surface area contributed by atoms with Gasteiger partial charge < -0.3 is 24.5 Å². The Morgan fingerprint density at radius 3 is 2.48 bits per heavy atom. The van der Waals surface area contributed by atoms with Crippen LogP contribution in [0, 0.1) is 11.3 Å². The van der Waals surface area contributed by atoms with Crippen molar-refractivity contribution in [2.75, 3.05) is 30.5 Å². The second-order valence-corrected chi connectivity index (χ2v) is 9.20. The molecule has 42 heavy (non-hydrogen) atoms. The largest absolute Gasteiger partial charge is 0.469 e. The number of amidine groups is 1. The van der Waals surface area contributed by atoms with Crippen LogP contribution in [-0.2, 0) is 14.3 Å². The Bertz CT molecular complexity index is 1540. The zero-order valence-electron chi connectivity index (χ0n) is 23.4. The van der Waals surface area contributed by atoms with E-state index >= 15 is 0 Å². The average Bonchev–Trinajstić information content (AvgIpc) is 3.46. The summed E-state index contributed by atoms with van der Waals surface area (Å²) in [5.74, 6) is -1.09. The molecule has 2 amide bonds. The number of H-pyrrole nitrogens is 1. The number of carbonyl (C=O) groups excluding carboxylic acids is 3. The molecule has 0 aliphatic heterocycles. The number of ether oxygens (including phenoxy) is 3. The highest BCUT2D eigenvalue weighted by atomic mass is 16.6. The van der Waals surface area contributed by atoms with Gasteiger partial charge in [0.15, 0.2) is 0 Å². The topological polar surface area (TPSA) is 159 Å². The standard InChI is InChI=1S/C30H32N6O6/c1-4-41-29(38)35-27(31)20-10-12-21(13-11-20)32-17-24(28(37)40-3)19(2)36(22-8-6-5-7-9-22)30(39)42-23-14-15-25-26(16-23)34-18-33-25/h5-16,18-19,24,32H,4,17H2,1-3H3,(H,33,34)(H2,31,35,38). The maximum atomic E-state index is 13.6. The number of alkyl carbamates (subject to hydrolysis) is 1. The SMILES string of the molecule is CCOC(=O)NC(=N)c1ccc(NCC(C(=O)OC)C(C)N(C(=O)Oc2ccc3nc[nH]c3c2)c2ccccc2)cc1. The van der Waals surface area contributed by atoms with Crippen LogP contribution in [0.2, 0.25) is 0 Å². The molecule has 0 bridgehead atoms. The fourth-order valence-electron chi connectivity index (χ4n) is 4.33. The Labute approximate surface area is 242 Å². The van der Waals surface area contributed by atoms with Gasteiger partial charge in [-0.1, -0.05) is 18.2 Å². The van der Waals surface area contributed by atoms with Crippen molar-refractivity contribution in [2.24, 2.45) is 5.92 Å². The van der Waals surface area contributed by atoms with E-state index in [1.807, 2.05) is 6.07 Å². The molecule has 12 nitrogen and oxygen atoms in total. The van der Waals surface area contributed by atoms with Gasteiger partial charge in [0.2, 0.25) is 0 Å². The van der Waals surface area contributed by atoms with Crippen LogP contribution in [0.5, 0.6) is 5.75 Å². The molecule has 0 radical (unpaired) electrons. The highest BCUT2D eigenvalue weighted by Crippen LogP contribution is 2.26. The summed E-state index contributed by atoms with van der Waals surface area (Å²) in [7, 11) is 1.30. The molecule has 4 rings (SSSR count). The molecule has 0 aliphatic rings. The number of nitrogens with zero attached hydrogens (tertiary/aromatic N) is 2. The van der Waals surface area contributed by atoms with E-state index in [2.05, 4.69) is 20.6 Å². The molecule has 0 saturated heterocycles. The van der Waals surface area contributed by atoms with Gasteiger partial charge in [0, 0.05) is 29.5 Å². The van der Waals surface area contributed by atoms with Crippen molar-refractivity contribution in [1.29, 1.82) is 5.41 Å². The number of para-hydroxylation sites is 1. The molecule has 0 fully saturated rings. The van der Waals surface area contributed by atoms with Crippen LogP contribution < -0.4 is 20.3 Å². The van der Waals surface area contributed by atoms with E-state index in [0.717, 1.165) is 5.52 Å². The van der Waals surface area contributed by atoms with Crippen molar-refractivity contribution in [2.45, 2.75) is 19.9 Å². The molecular weight excluding hydrogens is 540 g/mol. The maximum absolute atomic E-state index is 13.6. The fourth-order valence-corrected chi connectivity index (χ4v) is 4.33. The summed E-state index contributed by atoms with van der Waals surface area (Å²) in [4.78, 5) is 46.8. The number of aromatic nitrogens is 2. The van der Waals surface area contributed by atoms with Gasteiger partial charge in [-0.3, -0.25) is 20.4 Å². The molecule has 1 aromatic heterocycles. The average molecular weight is 573 g/mol. The number of amides is 2. The number of aromatic amines is 1. The first-order chi connectivity index (χ1) is 20.3. The summed E-state index contributed by atoms with van der Waals surface area (Å²) < 4.78 is 15.7. The molecule has 2 unspecified atom stereocenters. The summed E-state index contributed by atoms with van der Waals surface area (Å²) in [6, 6.07) is 20.0. The predicted molar refractivity (Wildman–Crippen MR) is 158 cm³/mol. The summed E-state index contributed by atoms with van der Waals surface area (Å²) in [6.07, 6.45) is 0.182. The number of benzene rings is 3. The summed E-state index contributed by atoms with van der Waals surface area (Å²) >= 11 is 0. The van der Waals surface area contributed by atoms with E-state index in [1.54, 1.807) is 86.9 Å². The van der Waals surface area contributed by atoms with E-state index in [1.165, 1.54) is 12.0 Å². The second kappa shape index (κ2) is 13.8. The highest BCUT2D eigenvalue weighted by Gasteiger charge is 2.35. The lowest BCUT2D eigenvalue weighted by Gasteiger charge is -2.33. The first kappa shape index (κ1) is 29.6. The molecule has 2 atom stereocenters. The number of hydrogen-bond acceptors (Lipinski definition) is 9. The van der Waals surface area contributed by atoms with E-state index in [9.17, 15) is 14.4 Å². The molecule has 4 aromatic rings. The quantitative estimate of drug-likeness (QED) is 0.118. The van der Waals surface area contributed by atoms with Crippen molar-refractivity contribution >= 4 is 46.4 Å². The van der Waals surface area contributed by atoms with E-state index in [-0.39, 0.29) is 19.0 Å². The summed E-state index contributed by atoms with van der Waals surface area (Å²) in [5, 5.41) is 13.6. The number of fused-ring (bicyclic) bond motifs is 1. The van der Waals surface area contributed by atoms with Gasteiger partial charge >= 0.3 is 18.2 Å². The molecule has 0 aliphatic carbocycles. The zero-order chi connectivity index (χ0) is 30.1. The van der Waals surface area contributed by atoms with Gasteiger partial charge in [0.25, 0.3) is 0 Å². The summed E-state index contributed by atoms with van der Waals surface area (Å²) in [6.45, 7) is 3.75. The zero-order valence-corrected chi connectivity index (χ0v) is 23.4. The minimum Gasteiger partial charge on any atom is -0.469 e. The number of esters is 1. The lowest BCUT2D eigenvalue weighted by Crippen LogP contribution is -2.49. The van der Waals surface area contributed by atoms with Gasteiger partial charge in [-0.25, -0.2) is 14.6 Å². The van der Waals surface area contributed by atoms with Crippen molar-refractivity contribution in [3.05, 3.63) is 84.7 Å². The first-order valence-electron chi connectivity index (χ1n) is 13.2. The monoisotopic (exact) mass is 572 g/mol. The van der Waals surface area contributed by atoms with Crippen LogP contribution in [0.4, 0.5) is 21.0 Å². The van der Waals surface area contributed by atoms with Crippen LogP contribution in [0.1, 0.15) is 19.4 Å². The van der Waals surface area contributed by atoms with E-state index in [0.29, 0.717) is 28.2 Å². The smallest absolute Gasteiger partial charge is 0.420 e. The van der Waals surface area contributed by atoms with Crippen molar-refractivity contribution in [1.82, 2.24) is 15.3 Å². The third-order valence-electron chi connectivity index (χ3n) is 6.52. The Balaban J connectivity index is 1.51. The van der Waals surface area contributed by atoms with Gasteiger partial charge in [-0.15, -0.1) is 0 Å². The number of imidazole rings is 1. The normalized spacial score (nSPS) is 12.1. The van der Waals surface area contributed by atoms with Crippen LogP contribution >= 0.6 is 0 Å². The van der Waals surface area contributed by atoms with Crippen LogP contribution in [0.15, 0.2) is 79.1 Å². The van der Waals surface area contributed by atoms with Crippen molar-refractivity contribution < 1.29 is 28.6 Å². The second-order valence-electron chi connectivity index (χ2n) is 9.20. The molecular formula is C30H32N6O6. The predicted octanol–water partition coefficient (Wildman–Crippen LogP) is 4.93.